The third kappa shape index (κ3) is 4.24. The smallest absolute Gasteiger partial charge is 0.365 e. The van der Waals surface area contributed by atoms with Crippen LogP contribution in [0.4, 0.5) is 0 Å². The van der Waals surface area contributed by atoms with Crippen LogP contribution in [0.15, 0.2) is 48.5 Å². The minimum absolute atomic E-state index is 0.0745. The summed E-state index contributed by atoms with van der Waals surface area (Å²) in [6.07, 6.45) is 2.38. The maximum absolute atomic E-state index is 12.4. The van der Waals surface area contributed by atoms with Crippen molar-refractivity contribution in [2.75, 3.05) is 13.1 Å². The molecule has 2 atom stereocenters. The van der Waals surface area contributed by atoms with Crippen molar-refractivity contribution in [3.8, 4) is 5.75 Å². The number of rotatable bonds is 6. The third-order valence-electron chi connectivity index (χ3n) is 5.31. The van der Waals surface area contributed by atoms with Gasteiger partial charge in [-0.15, -0.1) is 5.10 Å². The maximum Gasteiger partial charge on any atom is 0.365 e. The lowest BCUT2D eigenvalue weighted by molar-refractivity contribution is 0.0408. The normalized spacial score (nSPS) is 18.0. The topological polar surface area (TPSA) is 78.3 Å². The summed E-state index contributed by atoms with van der Waals surface area (Å²) in [6, 6.07) is 14.4. The van der Waals surface area contributed by atoms with Gasteiger partial charge in [0.1, 0.15) is 17.4 Å². The van der Waals surface area contributed by atoms with Gasteiger partial charge >= 0.3 is 5.97 Å². The second-order valence-electron chi connectivity index (χ2n) is 7.76. The fraction of sp³-hybridized carbons (Fsp3) is 0.409. The van der Waals surface area contributed by atoms with Crippen LogP contribution >= 0.6 is 0 Å². The van der Waals surface area contributed by atoms with Crippen LogP contribution in [-0.4, -0.2) is 40.3 Å². The predicted molar refractivity (Wildman–Crippen MR) is 110 cm³/mol. The number of carbonyl (C=O) groups excluding carboxylic acids is 1. The van der Waals surface area contributed by atoms with E-state index >= 15 is 0 Å². The Kier molecular flexibility index (Phi) is 5.76. The molecular weight excluding hydrogens is 368 g/mol. The Morgan fingerprint density at radius 2 is 2.00 bits per heavy atom. The zero-order valence-corrected chi connectivity index (χ0v) is 16.7. The van der Waals surface area contributed by atoms with E-state index in [1.165, 1.54) is 0 Å². The van der Waals surface area contributed by atoms with Crippen LogP contribution in [0.5, 0.6) is 5.75 Å². The highest BCUT2D eigenvalue weighted by Crippen LogP contribution is 2.29. The Morgan fingerprint density at radius 1 is 1.17 bits per heavy atom. The molecule has 152 valence electrons. The molecule has 1 aromatic heterocycles. The van der Waals surface area contributed by atoms with Crippen molar-refractivity contribution < 1.29 is 14.4 Å². The number of nitrogens with zero attached hydrogens (tertiary/aromatic N) is 3. The summed E-state index contributed by atoms with van der Waals surface area (Å²) < 4.78 is 6.44. The largest absolute Gasteiger partial charge is 0.487 e. The molecule has 0 aliphatic carbocycles. The van der Waals surface area contributed by atoms with Gasteiger partial charge in [0.15, 0.2) is 5.52 Å². The fourth-order valence-electron chi connectivity index (χ4n) is 3.85. The molecule has 2 heterocycles. The molecule has 2 unspecified atom stereocenters. The molecule has 0 amide bonds. The summed E-state index contributed by atoms with van der Waals surface area (Å²) in [7, 11) is 0. The molecule has 1 fully saturated rings. The first kappa shape index (κ1) is 19.4. The number of piperidine rings is 1. The molecule has 0 saturated carbocycles. The SMILES string of the molecule is CC(C)C(Oc1cccc2c1nnn2OC(=O)c1ccccc1)C1CCCNC1. The lowest BCUT2D eigenvalue weighted by Gasteiger charge is -2.33. The van der Waals surface area contributed by atoms with E-state index in [0.29, 0.717) is 34.2 Å². The Labute approximate surface area is 170 Å². The summed E-state index contributed by atoms with van der Waals surface area (Å²) in [6.45, 7) is 6.38. The van der Waals surface area contributed by atoms with Gasteiger partial charge in [0.25, 0.3) is 0 Å². The summed E-state index contributed by atoms with van der Waals surface area (Å²) in [4.78, 5) is 18.9. The van der Waals surface area contributed by atoms with E-state index in [9.17, 15) is 4.79 Å². The van der Waals surface area contributed by atoms with Gasteiger partial charge in [-0.3, -0.25) is 0 Å². The molecule has 0 radical (unpaired) electrons. The van der Waals surface area contributed by atoms with Crippen LogP contribution in [0.1, 0.15) is 37.0 Å². The Morgan fingerprint density at radius 3 is 2.72 bits per heavy atom. The van der Waals surface area contributed by atoms with Gasteiger partial charge in [-0.05, 0) is 54.8 Å². The molecule has 29 heavy (non-hydrogen) atoms. The molecule has 7 nitrogen and oxygen atoms in total. The first-order chi connectivity index (χ1) is 14.1. The van der Waals surface area contributed by atoms with Crippen LogP contribution in [0.3, 0.4) is 0 Å². The van der Waals surface area contributed by atoms with Gasteiger partial charge in [-0.25, -0.2) is 4.79 Å². The van der Waals surface area contributed by atoms with Crippen molar-refractivity contribution in [1.82, 2.24) is 20.5 Å². The molecule has 1 saturated heterocycles. The zero-order chi connectivity index (χ0) is 20.2. The number of aromatic nitrogens is 3. The van der Waals surface area contributed by atoms with Crippen molar-refractivity contribution in [1.29, 1.82) is 0 Å². The van der Waals surface area contributed by atoms with Gasteiger partial charge in [0.2, 0.25) is 0 Å². The minimum atomic E-state index is -0.489. The van der Waals surface area contributed by atoms with Crippen LogP contribution < -0.4 is 14.9 Å². The van der Waals surface area contributed by atoms with Crippen molar-refractivity contribution in [2.45, 2.75) is 32.8 Å². The van der Waals surface area contributed by atoms with E-state index in [1.54, 1.807) is 24.3 Å². The van der Waals surface area contributed by atoms with Crippen molar-refractivity contribution >= 4 is 17.0 Å². The van der Waals surface area contributed by atoms with E-state index in [2.05, 4.69) is 29.5 Å². The molecule has 4 rings (SSSR count). The van der Waals surface area contributed by atoms with Gasteiger partial charge in [0, 0.05) is 12.5 Å². The first-order valence-electron chi connectivity index (χ1n) is 10.1. The van der Waals surface area contributed by atoms with Crippen molar-refractivity contribution in [3.63, 3.8) is 0 Å². The Balaban J connectivity index is 1.57. The van der Waals surface area contributed by atoms with Gasteiger partial charge < -0.3 is 14.9 Å². The Hall–Kier alpha value is -2.93. The van der Waals surface area contributed by atoms with Crippen LogP contribution in [0.25, 0.3) is 11.0 Å². The van der Waals surface area contributed by atoms with Gasteiger partial charge in [-0.2, -0.15) is 0 Å². The average molecular weight is 394 g/mol. The van der Waals surface area contributed by atoms with Crippen molar-refractivity contribution in [2.24, 2.45) is 11.8 Å². The maximum atomic E-state index is 12.4. The number of carbonyl (C=O) groups is 1. The van der Waals surface area contributed by atoms with Crippen LogP contribution in [0, 0.1) is 11.8 Å². The summed E-state index contributed by atoms with van der Waals surface area (Å²) >= 11 is 0. The summed E-state index contributed by atoms with van der Waals surface area (Å²) in [5, 5.41) is 11.7. The van der Waals surface area contributed by atoms with E-state index in [0.717, 1.165) is 30.8 Å². The second-order valence-corrected chi connectivity index (χ2v) is 7.76. The highest BCUT2D eigenvalue weighted by Gasteiger charge is 2.29. The molecule has 3 aromatic rings. The monoisotopic (exact) mass is 394 g/mol. The number of hydrogen-bond acceptors (Lipinski definition) is 6. The van der Waals surface area contributed by atoms with E-state index in [1.807, 2.05) is 24.3 Å². The molecule has 0 spiro atoms. The third-order valence-corrected chi connectivity index (χ3v) is 5.31. The average Bonchev–Trinajstić information content (AvgIpc) is 3.16. The Bertz CT molecular complexity index is 965. The van der Waals surface area contributed by atoms with E-state index < -0.39 is 5.97 Å². The van der Waals surface area contributed by atoms with E-state index in [-0.39, 0.29) is 6.10 Å². The summed E-state index contributed by atoms with van der Waals surface area (Å²) in [5.74, 6) is 0.983. The number of ether oxygens (including phenoxy) is 1. The molecule has 7 heteroatoms. The summed E-state index contributed by atoms with van der Waals surface area (Å²) in [5.41, 5.74) is 1.63. The van der Waals surface area contributed by atoms with Crippen molar-refractivity contribution in [3.05, 3.63) is 54.1 Å². The molecular formula is C22H26N4O3. The minimum Gasteiger partial charge on any atom is -0.487 e. The standard InChI is InChI=1S/C22H26N4O3/c1-15(2)21(17-10-7-13-23-14-17)28-19-12-6-11-18-20(19)24-25-26(18)29-22(27)16-8-4-3-5-9-16/h3-6,8-9,11-12,15,17,21,23H,7,10,13-14H2,1-2H3. The zero-order valence-electron chi connectivity index (χ0n) is 16.7. The second kappa shape index (κ2) is 8.61. The number of hydrogen-bond donors (Lipinski definition) is 1. The molecule has 2 aromatic carbocycles. The van der Waals surface area contributed by atoms with Gasteiger partial charge in [0.05, 0.1) is 5.56 Å². The number of nitrogens with one attached hydrogen (secondary N) is 1. The number of benzene rings is 2. The van der Waals surface area contributed by atoms with Crippen LogP contribution in [-0.2, 0) is 0 Å². The molecule has 1 aliphatic heterocycles. The lowest BCUT2D eigenvalue weighted by atomic mass is 9.87. The van der Waals surface area contributed by atoms with Gasteiger partial charge in [-0.1, -0.05) is 43.0 Å². The predicted octanol–water partition coefficient (Wildman–Crippen LogP) is 3.10. The highest BCUT2D eigenvalue weighted by molar-refractivity contribution is 5.90. The number of fused-ring (bicyclic) bond motifs is 1. The molecule has 1 aliphatic rings. The first-order valence-corrected chi connectivity index (χ1v) is 10.1. The fourth-order valence-corrected chi connectivity index (χ4v) is 3.85. The lowest BCUT2D eigenvalue weighted by Crippen LogP contribution is -2.42. The van der Waals surface area contributed by atoms with Crippen LogP contribution in [0.2, 0.25) is 0 Å². The quantitative estimate of drug-likeness (QED) is 0.648. The highest BCUT2D eigenvalue weighted by atomic mass is 16.7. The molecule has 1 N–H and O–H groups in total. The molecule has 0 bridgehead atoms. The van der Waals surface area contributed by atoms with E-state index in [4.69, 9.17) is 9.57 Å².